The number of nitrogens with zero attached hydrogens (tertiary/aromatic N) is 15. The summed E-state index contributed by atoms with van der Waals surface area (Å²) < 4.78 is 0. The van der Waals surface area contributed by atoms with Crippen molar-refractivity contribution >= 4 is 48.1 Å². The molecule has 0 fully saturated rings. The Morgan fingerprint density at radius 3 is 0.970 bits per heavy atom. The van der Waals surface area contributed by atoms with Crippen LogP contribution in [0.3, 0.4) is 0 Å². The van der Waals surface area contributed by atoms with Gasteiger partial charge in [0.2, 0.25) is 0 Å². The molecule has 0 bridgehead atoms. The number of anilines is 4. The predicted octanol–water partition coefficient (Wildman–Crippen LogP) is 9.79. The molecule has 7 aromatic rings. The Bertz CT molecular complexity index is 2520. The van der Waals surface area contributed by atoms with Gasteiger partial charge in [-0.2, -0.15) is 20.4 Å². The minimum absolute atomic E-state index is 0.658. The molecule has 0 aliphatic heterocycles. The molecule has 0 aromatic carbocycles. The standard InChI is InChI=1S/C51H55N15/c1-5-32-63(48-26-9-11-30-52-48)54-36-40-18-13-20-42(58-40)38-56-65(34-7-3)50-28-16-24-46(61-50)44-22-15-23-45(60-44)47-25-17-29-51(62-47)66(35-8-4)57-39-43-21-14-19-41(59-43)37-55-64(33-6-2)49-27-10-12-31-53-49/h9-31,36-39H,5-8,32-35H2,1-4H3/b54-36+,55-37+,56-38+,57-39+. The van der Waals surface area contributed by atoms with Crippen LogP contribution in [0.15, 0.2) is 160 Å². The van der Waals surface area contributed by atoms with Crippen molar-refractivity contribution in [3.05, 3.63) is 163 Å². The van der Waals surface area contributed by atoms with Crippen molar-refractivity contribution in [2.75, 3.05) is 46.2 Å². The molecular formula is C51H55N15. The fraction of sp³-hybridized carbons (Fsp3) is 0.235. The molecule has 7 aromatic heterocycles. The van der Waals surface area contributed by atoms with Gasteiger partial charge in [-0.1, -0.05) is 70.2 Å². The molecule has 0 saturated carbocycles. The van der Waals surface area contributed by atoms with Gasteiger partial charge in [-0.15, -0.1) is 0 Å². The number of hydrazone groups is 4. The van der Waals surface area contributed by atoms with Crippen LogP contribution in [0.5, 0.6) is 0 Å². The van der Waals surface area contributed by atoms with E-state index in [0.717, 1.165) is 61.8 Å². The molecule has 0 atom stereocenters. The highest BCUT2D eigenvalue weighted by molar-refractivity contribution is 5.83. The highest BCUT2D eigenvalue weighted by atomic mass is 15.5. The van der Waals surface area contributed by atoms with Crippen LogP contribution in [0, 0.1) is 0 Å². The van der Waals surface area contributed by atoms with E-state index in [2.05, 4.69) is 47.9 Å². The highest BCUT2D eigenvalue weighted by Gasteiger charge is 2.13. The molecule has 7 rings (SSSR count). The third kappa shape index (κ3) is 13.0. The van der Waals surface area contributed by atoms with Crippen molar-refractivity contribution in [1.82, 2.24) is 34.9 Å². The van der Waals surface area contributed by atoms with Crippen molar-refractivity contribution in [1.29, 1.82) is 0 Å². The lowest BCUT2D eigenvalue weighted by Crippen LogP contribution is -2.19. The zero-order chi connectivity index (χ0) is 45.8. The molecule has 0 N–H and O–H groups in total. The summed E-state index contributed by atoms with van der Waals surface area (Å²) in [5, 5.41) is 26.6. The van der Waals surface area contributed by atoms with Crippen LogP contribution in [0.2, 0.25) is 0 Å². The average Bonchev–Trinajstić information content (AvgIpc) is 3.37. The maximum absolute atomic E-state index is 5.04. The first kappa shape index (κ1) is 45.9. The van der Waals surface area contributed by atoms with E-state index < -0.39 is 0 Å². The summed E-state index contributed by atoms with van der Waals surface area (Å²) in [7, 11) is 0. The average molecular weight is 878 g/mol. The molecule has 334 valence electrons. The van der Waals surface area contributed by atoms with E-state index in [9.17, 15) is 0 Å². The Kier molecular flexibility index (Phi) is 16.8. The topological polar surface area (TPSA) is 153 Å². The summed E-state index contributed by atoms with van der Waals surface area (Å²) >= 11 is 0. The number of hydrogen-bond donors (Lipinski definition) is 0. The lowest BCUT2D eigenvalue weighted by atomic mass is 10.2. The summed E-state index contributed by atoms with van der Waals surface area (Å²) in [6, 6.07) is 40.8. The molecule has 0 saturated heterocycles. The van der Waals surface area contributed by atoms with Gasteiger partial charge in [0.05, 0.1) is 70.4 Å². The Morgan fingerprint density at radius 2 is 0.636 bits per heavy atom. The minimum Gasteiger partial charge on any atom is -0.248 e. The van der Waals surface area contributed by atoms with Crippen LogP contribution in [-0.2, 0) is 0 Å². The number of rotatable bonds is 22. The second-order valence-corrected chi connectivity index (χ2v) is 15.0. The molecule has 0 radical (unpaired) electrons. The third-order valence-corrected chi connectivity index (χ3v) is 9.74. The molecule has 7 heterocycles. The first-order valence-corrected chi connectivity index (χ1v) is 22.5. The van der Waals surface area contributed by atoms with E-state index in [1.54, 1.807) is 37.3 Å². The molecular weight excluding hydrogens is 823 g/mol. The fourth-order valence-electron chi connectivity index (χ4n) is 6.67. The second kappa shape index (κ2) is 24.1. The minimum atomic E-state index is 0.658. The van der Waals surface area contributed by atoms with E-state index in [1.165, 1.54) is 0 Å². The molecule has 0 spiro atoms. The van der Waals surface area contributed by atoms with E-state index >= 15 is 0 Å². The van der Waals surface area contributed by atoms with E-state index in [0.29, 0.717) is 58.9 Å². The number of hydrogen-bond acceptors (Lipinski definition) is 15. The quantitative estimate of drug-likeness (QED) is 0.0473. The van der Waals surface area contributed by atoms with Crippen LogP contribution in [0.1, 0.15) is 76.2 Å². The van der Waals surface area contributed by atoms with Gasteiger partial charge >= 0.3 is 0 Å². The second-order valence-electron chi connectivity index (χ2n) is 15.0. The van der Waals surface area contributed by atoms with Crippen LogP contribution in [0.25, 0.3) is 22.8 Å². The summed E-state index contributed by atoms with van der Waals surface area (Å²) in [5.74, 6) is 2.98. The Hall–Kier alpha value is -8.07. The number of pyridine rings is 7. The van der Waals surface area contributed by atoms with Crippen molar-refractivity contribution < 1.29 is 0 Å². The van der Waals surface area contributed by atoms with Crippen LogP contribution < -0.4 is 20.0 Å². The SMILES string of the molecule is CCCN(/N=C/c1cccc(/C=N/N(CCC)c2cccc(-c3cccc(-c4cccc(N(CCC)/N=C/c5cccc(/C=N/N(CCC)c6ccccn6)n5)n4)n3)n2)n1)c1ccccn1. The summed E-state index contributed by atoms with van der Waals surface area (Å²) in [6.45, 7) is 11.3. The predicted molar refractivity (Wildman–Crippen MR) is 269 cm³/mol. The van der Waals surface area contributed by atoms with Gasteiger partial charge in [-0.25, -0.2) is 54.9 Å². The zero-order valence-corrected chi connectivity index (χ0v) is 38.0. The lowest BCUT2D eigenvalue weighted by molar-refractivity contribution is 0.794. The van der Waals surface area contributed by atoms with Crippen molar-refractivity contribution in [3.8, 4) is 22.8 Å². The van der Waals surface area contributed by atoms with E-state index in [4.69, 9.17) is 35.1 Å². The molecule has 15 nitrogen and oxygen atoms in total. The maximum Gasteiger partial charge on any atom is 0.149 e. The lowest BCUT2D eigenvalue weighted by Gasteiger charge is -2.18. The molecule has 0 aliphatic rings. The smallest absolute Gasteiger partial charge is 0.149 e. The normalized spacial score (nSPS) is 11.6. The van der Waals surface area contributed by atoms with Gasteiger partial charge < -0.3 is 0 Å². The first-order valence-electron chi connectivity index (χ1n) is 22.5. The van der Waals surface area contributed by atoms with Gasteiger partial charge in [0.1, 0.15) is 23.3 Å². The fourth-order valence-corrected chi connectivity index (χ4v) is 6.67. The first-order chi connectivity index (χ1) is 32.5. The monoisotopic (exact) mass is 877 g/mol. The van der Waals surface area contributed by atoms with Gasteiger partial charge in [-0.3, -0.25) is 0 Å². The largest absolute Gasteiger partial charge is 0.248 e. The van der Waals surface area contributed by atoms with Gasteiger partial charge in [0, 0.05) is 38.6 Å². The van der Waals surface area contributed by atoms with Crippen molar-refractivity contribution in [2.24, 2.45) is 20.4 Å². The van der Waals surface area contributed by atoms with Gasteiger partial charge in [-0.05, 0) is 111 Å². The maximum atomic E-state index is 5.04. The van der Waals surface area contributed by atoms with E-state index in [-0.39, 0.29) is 0 Å². The van der Waals surface area contributed by atoms with Crippen molar-refractivity contribution in [3.63, 3.8) is 0 Å². The summed E-state index contributed by atoms with van der Waals surface area (Å²) in [5.41, 5.74) is 5.70. The van der Waals surface area contributed by atoms with Gasteiger partial charge in [0.15, 0.2) is 0 Å². The molecule has 66 heavy (non-hydrogen) atoms. The van der Waals surface area contributed by atoms with Gasteiger partial charge in [0.25, 0.3) is 0 Å². The molecule has 15 heteroatoms. The Morgan fingerprint density at radius 1 is 0.333 bits per heavy atom. The zero-order valence-electron chi connectivity index (χ0n) is 38.0. The molecule has 0 unspecified atom stereocenters. The highest BCUT2D eigenvalue weighted by Crippen LogP contribution is 2.25. The Labute approximate surface area is 387 Å². The van der Waals surface area contributed by atoms with Crippen LogP contribution >= 0.6 is 0 Å². The summed E-state index contributed by atoms with van der Waals surface area (Å²) in [4.78, 5) is 33.5. The van der Waals surface area contributed by atoms with Crippen LogP contribution in [0.4, 0.5) is 23.3 Å². The number of aromatic nitrogens is 7. The molecule has 0 amide bonds. The molecule has 0 aliphatic carbocycles. The third-order valence-electron chi connectivity index (χ3n) is 9.74. The Balaban J connectivity index is 1.05. The summed E-state index contributed by atoms with van der Waals surface area (Å²) in [6.07, 6.45) is 14.1. The van der Waals surface area contributed by atoms with Crippen molar-refractivity contribution in [2.45, 2.75) is 53.4 Å². The van der Waals surface area contributed by atoms with Crippen LogP contribution in [-0.4, -0.2) is 85.9 Å². The van der Waals surface area contributed by atoms with E-state index in [1.807, 2.05) is 147 Å².